The van der Waals surface area contributed by atoms with E-state index in [9.17, 15) is 18.0 Å². The molecule has 1 unspecified atom stereocenters. The van der Waals surface area contributed by atoms with E-state index in [1.54, 1.807) is 6.07 Å². The van der Waals surface area contributed by atoms with E-state index in [0.29, 0.717) is 23.1 Å². The summed E-state index contributed by atoms with van der Waals surface area (Å²) in [6.45, 7) is 0.334. The Morgan fingerprint density at radius 2 is 1.86 bits per heavy atom. The topological polar surface area (TPSA) is 20.3 Å². The number of halogens is 4. The van der Waals surface area contributed by atoms with Crippen LogP contribution in [0.15, 0.2) is 40.9 Å². The number of benzene rings is 2. The van der Waals surface area contributed by atoms with Crippen LogP contribution in [0.2, 0.25) is 0 Å². The molecule has 0 spiro atoms. The lowest BCUT2D eigenvalue weighted by atomic mass is 9.97. The first-order chi connectivity index (χ1) is 10.5. The van der Waals surface area contributed by atoms with Crippen molar-refractivity contribution in [2.24, 2.45) is 0 Å². The second-order valence-corrected chi connectivity index (χ2v) is 5.93. The summed E-state index contributed by atoms with van der Waals surface area (Å²) in [6.07, 6.45) is 0.358. The first kappa shape index (κ1) is 15.1. The second kappa shape index (κ2) is 5.76. The molecule has 1 amide bonds. The Hall–Kier alpha value is -1.82. The van der Waals surface area contributed by atoms with Crippen LogP contribution in [0.5, 0.6) is 0 Å². The number of nitrogens with zero attached hydrogens (tertiary/aromatic N) is 1. The highest BCUT2D eigenvalue weighted by molar-refractivity contribution is 9.10. The Morgan fingerprint density at radius 3 is 2.59 bits per heavy atom. The second-order valence-electron chi connectivity index (χ2n) is 5.07. The number of hydrogen-bond acceptors (Lipinski definition) is 1. The van der Waals surface area contributed by atoms with Gasteiger partial charge in [0, 0.05) is 17.8 Å². The number of carbonyl (C=O) groups is 1. The van der Waals surface area contributed by atoms with Crippen molar-refractivity contribution in [3.05, 3.63) is 63.9 Å². The minimum absolute atomic E-state index is 0.0464. The van der Waals surface area contributed by atoms with Gasteiger partial charge < -0.3 is 4.90 Å². The van der Waals surface area contributed by atoms with Gasteiger partial charge in [-0.15, -0.1) is 0 Å². The van der Waals surface area contributed by atoms with Crippen molar-refractivity contribution < 1.29 is 18.0 Å². The van der Waals surface area contributed by atoms with Crippen molar-refractivity contribution in [3.63, 3.8) is 0 Å². The SMILES string of the molecule is O=C1C(c2cccc(F)c2F)CCN1c1ccc(Br)c(F)c1. The maximum atomic E-state index is 13.9. The van der Waals surface area contributed by atoms with Crippen LogP contribution >= 0.6 is 15.9 Å². The predicted octanol–water partition coefficient (Wildman–Crippen LogP) is 4.39. The summed E-state index contributed by atoms with van der Waals surface area (Å²) in [6, 6.07) is 8.16. The van der Waals surface area contributed by atoms with Crippen LogP contribution in [0.1, 0.15) is 17.9 Å². The van der Waals surface area contributed by atoms with Gasteiger partial charge in [-0.1, -0.05) is 12.1 Å². The molecule has 6 heteroatoms. The molecule has 0 bridgehead atoms. The highest BCUT2D eigenvalue weighted by atomic mass is 79.9. The van der Waals surface area contributed by atoms with Crippen LogP contribution in [0.4, 0.5) is 18.9 Å². The van der Waals surface area contributed by atoms with Crippen molar-refractivity contribution in [1.82, 2.24) is 0 Å². The third-order valence-corrected chi connectivity index (χ3v) is 4.42. The maximum absolute atomic E-state index is 13.9. The van der Waals surface area contributed by atoms with Gasteiger partial charge in [0.25, 0.3) is 0 Å². The van der Waals surface area contributed by atoms with E-state index in [1.165, 1.54) is 29.2 Å². The lowest BCUT2D eigenvalue weighted by molar-refractivity contribution is -0.118. The fourth-order valence-electron chi connectivity index (χ4n) is 2.67. The minimum atomic E-state index is -0.996. The molecule has 1 fully saturated rings. The third-order valence-electron chi connectivity index (χ3n) is 3.78. The quantitative estimate of drug-likeness (QED) is 0.768. The van der Waals surface area contributed by atoms with Crippen LogP contribution in [0.3, 0.4) is 0 Å². The molecule has 114 valence electrons. The van der Waals surface area contributed by atoms with E-state index in [0.717, 1.165) is 6.07 Å². The molecular formula is C16H11BrF3NO. The lowest BCUT2D eigenvalue weighted by Crippen LogP contribution is -2.26. The van der Waals surface area contributed by atoms with Gasteiger partial charge in [0.05, 0.1) is 10.4 Å². The summed E-state index contributed by atoms with van der Waals surface area (Å²) in [4.78, 5) is 13.9. The zero-order valence-electron chi connectivity index (χ0n) is 11.3. The smallest absolute Gasteiger partial charge is 0.234 e. The molecule has 22 heavy (non-hydrogen) atoms. The Bertz CT molecular complexity index is 750. The molecule has 2 aromatic rings. The molecule has 0 aromatic heterocycles. The Kier molecular flexibility index (Phi) is 3.95. The summed E-state index contributed by atoms with van der Waals surface area (Å²) in [5.74, 6) is -3.55. The fraction of sp³-hybridized carbons (Fsp3) is 0.188. The van der Waals surface area contributed by atoms with Gasteiger partial charge in [0.2, 0.25) is 5.91 Å². The van der Waals surface area contributed by atoms with Crippen molar-refractivity contribution in [3.8, 4) is 0 Å². The van der Waals surface area contributed by atoms with Crippen LogP contribution in [-0.4, -0.2) is 12.5 Å². The van der Waals surface area contributed by atoms with E-state index < -0.39 is 23.4 Å². The number of carbonyl (C=O) groups excluding carboxylic acids is 1. The molecule has 3 rings (SSSR count). The van der Waals surface area contributed by atoms with Gasteiger partial charge >= 0.3 is 0 Å². The molecule has 0 N–H and O–H groups in total. The number of anilines is 1. The molecular weight excluding hydrogens is 359 g/mol. The third kappa shape index (κ3) is 2.52. The summed E-state index contributed by atoms with van der Waals surface area (Å²) in [5.41, 5.74) is 0.454. The maximum Gasteiger partial charge on any atom is 0.234 e. The zero-order chi connectivity index (χ0) is 15.9. The van der Waals surface area contributed by atoms with Crippen molar-refractivity contribution in [2.75, 3.05) is 11.4 Å². The minimum Gasteiger partial charge on any atom is -0.312 e. The Morgan fingerprint density at radius 1 is 1.09 bits per heavy atom. The highest BCUT2D eigenvalue weighted by Crippen LogP contribution is 2.34. The van der Waals surface area contributed by atoms with Crippen molar-refractivity contribution in [2.45, 2.75) is 12.3 Å². The molecule has 2 nitrogen and oxygen atoms in total. The van der Waals surface area contributed by atoms with Crippen LogP contribution < -0.4 is 4.90 Å². The number of amides is 1. The van der Waals surface area contributed by atoms with Crippen LogP contribution in [-0.2, 0) is 4.79 Å². The summed E-state index contributed by atoms with van der Waals surface area (Å²) in [7, 11) is 0. The average Bonchev–Trinajstić information content (AvgIpc) is 2.87. The van der Waals surface area contributed by atoms with Crippen LogP contribution in [0, 0.1) is 17.5 Å². The van der Waals surface area contributed by atoms with E-state index in [-0.39, 0.29) is 11.5 Å². The lowest BCUT2D eigenvalue weighted by Gasteiger charge is -2.17. The van der Waals surface area contributed by atoms with E-state index in [1.807, 2.05) is 0 Å². The van der Waals surface area contributed by atoms with E-state index in [4.69, 9.17) is 0 Å². The van der Waals surface area contributed by atoms with Gasteiger partial charge in [-0.2, -0.15) is 0 Å². The monoisotopic (exact) mass is 369 g/mol. The van der Waals surface area contributed by atoms with Crippen molar-refractivity contribution >= 4 is 27.5 Å². The molecule has 1 heterocycles. The van der Waals surface area contributed by atoms with E-state index in [2.05, 4.69) is 15.9 Å². The molecule has 1 aliphatic rings. The van der Waals surface area contributed by atoms with Gasteiger partial charge in [0.15, 0.2) is 11.6 Å². The standard InChI is InChI=1S/C16H11BrF3NO/c17-12-5-4-9(8-14(12)19)21-7-6-11(16(21)22)10-2-1-3-13(18)15(10)20/h1-5,8,11H,6-7H2. The number of hydrogen-bond donors (Lipinski definition) is 0. The Balaban J connectivity index is 1.92. The molecule has 1 aliphatic heterocycles. The molecule has 0 radical (unpaired) electrons. The molecule has 0 aliphatic carbocycles. The van der Waals surface area contributed by atoms with Crippen LogP contribution in [0.25, 0.3) is 0 Å². The summed E-state index contributed by atoms with van der Waals surface area (Å²) < 4.78 is 41.1. The average molecular weight is 370 g/mol. The van der Waals surface area contributed by atoms with E-state index >= 15 is 0 Å². The van der Waals surface area contributed by atoms with Gasteiger partial charge in [-0.05, 0) is 46.6 Å². The summed E-state index contributed by atoms with van der Waals surface area (Å²) in [5, 5.41) is 0. The summed E-state index contributed by atoms with van der Waals surface area (Å²) >= 11 is 3.05. The first-order valence-corrected chi connectivity index (χ1v) is 7.48. The van der Waals surface area contributed by atoms with Gasteiger partial charge in [-0.3, -0.25) is 4.79 Å². The molecule has 1 atom stereocenters. The largest absolute Gasteiger partial charge is 0.312 e. The molecule has 0 saturated carbocycles. The van der Waals surface area contributed by atoms with Gasteiger partial charge in [0.1, 0.15) is 5.82 Å². The molecule has 2 aromatic carbocycles. The normalized spacial score (nSPS) is 18.1. The molecule has 1 saturated heterocycles. The van der Waals surface area contributed by atoms with Crippen molar-refractivity contribution in [1.29, 1.82) is 0 Å². The Labute approximate surface area is 133 Å². The van der Waals surface area contributed by atoms with Gasteiger partial charge in [-0.25, -0.2) is 13.2 Å². The predicted molar refractivity (Wildman–Crippen MR) is 80.2 cm³/mol. The number of rotatable bonds is 2. The zero-order valence-corrected chi connectivity index (χ0v) is 12.9. The fourth-order valence-corrected chi connectivity index (χ4v) is 2.91. The highest BCUT2D eigenvalue weighted by Gasteiger charge is 2.35. The first-order valence-electron chi connectivity index (χ1n) is 6.69.